The first-order chi connectivity index (χ1) is 19.6. The second-order valence-corrected chi connectivity index (χ2v) is 9.82. The zero-order valence-corrected chi connectivity index (χ0v) is 22.4. The molecule has 40 heavy (non-hydrogen) atoms. The SMILES string of the molecule is COc1ccccc1C1c2c(C)nn(-c3ccccn3)c2N=C2C(Nc3cccc(C)c3)=Nc3ccccc3N21. The van der Waals surface area contributed by atoms with Crippen molar-refractivity contribution in [2.24, 2.45) is 9.98 Å². The summed E-state index contributed by atoms with van der Waals surface area (Å²) in [4.78, 5) is 17.2. The van der Waals surface area contributed by atoms with Crippen LogP contribution < -0.4 is 15.0 Å². The van der Waals surface area contributed by atoms with Gasteiger partial charge in [-0.2, -0.15) is 9.78 Å². The number of fused-ring (bicyclic) bond motifs is 4. The molecule has 4 heterocycles. The van der Waals surface area contributed by atoms with Gasteiger partial charge in [0.15, 0.2) is 23.3 Å². The maximum atomic E-state index is 5.90. The van der Waals surface area contributed by atoms with Gasteiger partial charge in [0.05, 0.1) is 30.2 Å². The molecule has 1 unspecified atom stereocenters. The highest BCUT2D eigenvalue weighted by atomic mass is 16.5. The van der Waals surface area contributed by atoms with E-state index in [1.54, 1.807) is 13.3 Å². The van der Waals surface area contributed by atoms with Crippen molar-refractivity contribution in [3.8, 4) is 11.6 Å². The number of para-hydroxylation sites is 3. The predicted molar refractivity (Wildman–Crippen MR) is 159 cm³/mol. The average Bonchev–Trinajstić information content (AvgIpc) is 3.32. The first-order valence-electron chi connectivity index (χ1n) is 13.2. The van der Waals surface area contributed by atoms with Crippen LogP contribution in [0.25, 0.3) is 5.82 Å². The highest BCUT2D eigenvalue weighted by Crippen LogP contribution is 2.49. The molecule has 0 saturated heterocycles. The number of pyridine rings is 1. The Labute approximate surface area is 232 Å². The minimum absolute atomic E-state index is 0.276. The lowest BCUT2D eigenvalue weighted by atomic mass is 9.92. The monoisotopic (exact) mass is 525 g/mol. The highest BCUT2D eigenvalue weighted by molar-refractivity contribution is 6.51. The third-order valence-corrected chi connectivity index (χ3v) is 7.22. The molecule has 0 bridgehead atoms. The molecule has 1 N–H and O–H groups in total. The van der Waals surface area contributed by atoms with E-state index >= 15 is 0 Å². The summed E-state index contributed by atoms with van der Waals surface area (Å²) in [6.07, 6.45) is 1.77. The molecule has 0 amide bonds. The summed E-state index contributed by atoms with van der Waals surface area (Å²) in [5.74, 6) is 3.56. The molecule has 8 heteroatoms. The van der Waals surface area contributed by atoms with E-state index in [-0.39, 0.29) is 6.04 Å². The van der Waals surface area contributed by atoms with Crippen molar-refractivity contribution < 1.29 is 4.74 Å². The van der Waals surface area contributed by atoms with Crippen LogP contribution in [0.3, 0.4) is 0 Å². The van der Waals surface area contributed by atoms with Crippen molar-refractivity contribution >= 4 is 34.6 Å². The first kappa shape index (κ1) is 23.8. The van der Waals surface area contributed by atoms with Gasteiger partial charge in [0.1, 0.15) is 5.75 Å². The van der Waals surface area contributed by atoms with Crippen LogP contribution in [0.15, 0.2) is 107 Å². The lowest BCUT2D eigenvalue weighted by Gasteiger charge is -2.40. The van der Waals surface area contributed by atoms with Crippen molar-refractivity contribution in [3.63, 3.8) is 0 Å². The topological polar surface area (TPSA) is 79.9 Å². The number of hydrogen-bond donors (Lipinski definition) is 1. The van der Waals surface area contributed by atoms with Gasteiger partial charge in [-0.1, -0.05) is 48.5 Å². The van der Waals surface area contributed by atoms with Crippen LogP contribution in [0.2, 0.25) is 0 Å². The molecular weight excluding hydrogens is 498 g/mol. The van der Waals surface area contributed by atoms with Gasteiger partial charge in [0.2, 0.25) is 0 Å². The summed E-state index contributed by atoms with van der Waals surface area (Å²) in [6, 6.07) is 30.0. The second kappa shape index (κ2) is 9.50. The van der Waals surface area contributed by atoms with Crippen molar-refractivity contribution in [1.82, 2.24) is 14.8 Å². The predicted octanol–water partition coefficient (Wildman–Crippen LogP) is 6.69. The third-order valence-electron chi connectivity index (χ3n) is 7.22. The summed E-state index contributed by atoms with van der Waals surface area (Å²) in [5.41, 5.74) is 6.78. The van der Waals surface area contributed by atoms with E-state index in [0.29, 0.717) is 17.5 Å². The molecule has 8 nitrogen and oxygen atoms in total. The molecule has 0 aliphatic carbocycles. The highest BCUT2D eigenvalue weighted by Gasteiger charge is 2.42. The summed E-state index contributed by atoms with van der Waals surface area (Å²) in [5, 5.41) is 8.51. The molecule has 2 aliphatic heterocycles. The maximum Gasteiger partial charge on any atom is 0.179 e. The Morgan fingerprint density at radius 3 is 2.50 bits per heavy atom. The van der Waals surface area contributed by atoms with Gasteiger partial charge in [-0.25, -0.2) is 15.0 Å². The minimum Gasteiger partial charge on any atom is -0.496 e. The van der Waals surface area contributed by atoms with Crippen molar-refractivity contribution in [2.45, 2.75) is 19.9 Å². The van der Waals surface area contributed by atoms with Crippen molar-refractivity contribution in [3.05, 3.63) is 120 Å². The number of rotatable bonds is 4. The van der Waals surface area contributed by atoms with Gasteiger partial charge < -0.3 is 15.0 Å². The average molecular weight is 526 g/mol. The number of aliphatic imine (C=N–C) groups is 2. The number of nitrogens with zero attached hydrogens (tertiary/aromatic N) is 6. The number of benzene rings is 3. The fourth-order valence-corrected chi connectivity index (χ4v) is 5.48. The molecule has 196 valence electrons. The summed E-state index contributed by atoms with van der Waals surface area (Å²) >= 11 is 0. The van der Waals surface area contributed by atoms with Gasteiger partial charge in [0, 0.05) is 23.0 Å². The maximum absolute atomic E-state index is 5.90. The molecule has 0 fully saturated rings. The molecule has 2 aromatic heterocycles. The van der Waals surface area contributed by atoms with E-state index in [1.807, 2.05) is 78.3 Å². The van der Waals surface area contributed by atoms with Crippen LogP contribution in [0, 0.1) is 13.8 Å². The van der Waals surface area contributed by atoms with Crippen LogP contribution in [-0.4, -0.2) is 33.5 Å². The summed E-state index contributed by atoms with van der Waals surface area (Å²) < 4.78 is 7.72. The number of hydrogen-bond acceptors (Lipinski definition) is 7. The fourth-order valence-electron chi connectivity index (χ4n) is 5.48. The molecule has 5 aromatic rings. The lowest BCUT2D eigenvalue weighted by molar-refractivity contribution is 0.407. The van der Waals surface area contributed by atoms with Crippen LogP contribution in [0.1, 0.15) is 28.4 Å². The van der Waals surface area contributed by atoms with E-state index in [2.05, 4.69) is 46.4 Å². The first-order valence-corrected chi connectivity index (χ1v) is 13.2. The third kappa shape index (κ3) is 3.84. The standard InChI is InChI=1S/C32H27N7O/c1-20-11-10-12-22(19-20)34-30-32-36-31-28(21(2)37-39(31)27-17-8-9-18-33-27)29(23-13-4-7-16-26(23)40-3)38(32)25-15-6-5-14-24(25)35-30/h4-19,29H,1-3H3,(H,34,35). The van der Waals surface area contributed by atoms with E-state index in [1.165, 1.54) is 0 Å². The van der Waals surface area contributed by atoms with Crippen LogP contribution in [-0.2, 0) is 0 Å². The molecule has 2 aliphatic rings. The molecule has 7 rings (SSSR count). The number of anilines is 2. The Balaban J connectivity index is 1.52. The summed E-state index contributed by atoms with van der Waals surface area (Å²) in [6.45, 7) is 4.10. The van der Waals surface area contributed by atoms with Crippen molar-refractivity contribution in [2.75, 3.05) is 17.3 Å². The molecule has 0 saturated carbocycles. The lowest BCUT2D eigenvalue weighted by Crippen LogP contribution is -2.46. The molecule has 1 atom stereocenters. The Morgan fingerprint density at radius 1 is 0.850 bits per heavy atom. The van der Waals surface area contributed by atoms with Crippen LogP contribution in [0.4, 0.5) is 22.9 Å². The van der Waals surface area contributed by atoms with E-state index in [9.17, 15) is 0 Å². The number of amidine groups is 2. The second-order valence-electron chi connectivity index (χ2n) is 9.82. The number of aryl methyl sites for hydroxylation is 2. The molecule has 0 spiro atoms. The van der Waals surface area contributed by atoms with E-state index in [0.717, 1.165) is 51.0 Å². The summed E-state index contributed by atoms with van der Waals surface area (Å²) in [7, 11) is 1.71. The number of methoxy groups -OCH3 is 1. The van der Waals surface area contributed by atoms with Crippen LogP contribution >= 0.6 is 0 Å². The zero-order chi connectivity index (χ0) is 27.2. The van der Waals surface area contributed by atoms with Crippen LogP contribution in [0.5, 0.6) is 5.75 Å². The quantitative estimate of drug-likeness (QED) is 0.283. The van der Waals surface area contributed by atoms with E-state index < -0.39 is 0 Å². The Morgan fingerprint density at radius 2 is 1.68 bits per heavy atom. The van der Waals surface area contributed by atoms with Crippen molar-refractivity contribution in [1.29, 1.82) is 0 Å². The smallest absolute Gasteiger partial charge is 0.179 e. The number of ether oxygens (including phenoxy) is 1. The Hall–Kier alpha value is -5.24. The largest absolute Gasteiger partial charge is 0.496 e. The Bertz CT molecular complexity index is 1810. The molecule has 3 aromatic carbocycles. The fraction of sp³-hybridized carbons (Fsp3) is 0.125. The number of nitrogens with one attached hydrogen (secondary N) is 1. The van der Waals surface area contributed by atoms with Gasteiger partial charge >= 0.3 is 0 Å². The van der Waals surface area contributed by atoms with Gasteiger partial charge in [-0.05, 0) is 61.9 Å². The minimum atomic E-state index is -0.276. The van der Waals surface area contributed by atoms with Gasteiger partial charge in [-0.3, -0.25) is 0 Å². The Kier molecular flexibility index (Phi) is 5.66. The van der Waals surface area contributed by atoms with E-state index in [4.69, 9.17) is 19.8 Å². The normalized spacial score (nSPS) is 15.4. The zero-order valence-electron chi connectivity index (χ0n) is 22.4. The number of aromatic nitrogens is 3. The molecular formula is C32H27N7O. The van der Waals surface area contributed by atoms with Gasteiger partial charge in [0.25, 0.3) is 0 Å². The van der Waals surface area contributed by atoms with Gasteiger partial charge in [-0.15, -0.1) is 0 Å². The molecule has 0 radical (unpaired) electrons.